The van der Waals surface area contributed by atoms with Crippen LogP contribution in [0.3, 0.4) is 0 Å². The van der Waals surface area contributed by atoms with Crippen LogP contribution in [0.15, 0.2) is 53.4 Å². The molecule has 2 aromatic carbocycles. The van der Waals surface area contributed by atoms with Gasteiger partial charge in [-0.25, -0.2) is 16.8 Å². The lowest BCUT2D eigenvalue weighted by atomic mass is 10.1. The predicted molar refractivity (Wildman–Crippen MR) is 123 cm³/mol. The molecule has 1 aliphatic rings. The minimum atomic E-state index is -3.83. The van der Waals surface area contributed by atoms with Gasteiger partial charge in [0.1, 0.15) is 6.54 Å². The van der Waals surface area contributed by atoms with Gasteiger partial charge in [-0.1, -0.05) is 12.1 Å². The summed E-state index contributed by atoms with van der Waals surface area (Å²) in [6, 6.07) is 14.0. The van der Waals surface area contributed by atoms with Crippen molar-refractivity contribution in [1.82, 2.24) is 4.31 Å². The van der Waals surface area contributed by atoms with Crippen LogP contribution in [0.25, 0.3) is 0 Å². The molecule has 0 radical (unpaired) electrons. The van der Waals surface area contributed by atoms with Crippen LogP contribution in [-0.2, 0) is 36.0 Å². The molecular weight excluding hydrogens is 468 g/mol. The molecular formula is C21H24N4O6S2. The van der Waals surface area contributed by atoms with E-state index in [1.807, 2.05) is 6.07 Å². The van der Waals surface area contributed by atoms with Gasteiger partial charge in [-0.15, -0.1) is 0 Å². The van der Waals surface area contributed by atoms with Gasteiger partial charge in [0.25, 0.3) is 0 Å². The molecule has 1 aliphatic heterocycles. The van der Waals surface area contributed by atoms with Crippen LogP contribution in [0.4, 0.5) is 11.4 Å². The second-order valence-corrected chi connectivity index (χ2v) is 11.2. The zero-order valence-electron chi connectivity index (χ0n) is 18.0. The zero-order chi connectivity index (χ0) is 24.1. The SMILES string of the molecule is CS(=O)(=O)N(CC(=O)Nc1ccc(CC#N)cc1)c1ccc(S(=O)(=O)N2CCOCC2)cc1. The van der Waals surface area contributed by atoms with Crippen LogP contribution in [0.1, 0.15) is 5.56 Å². The van der Waals surface area contributed by atoms with Gasteiger partial charge in [-0.2, -0.15) is 9.57 Å². The molecule has 0 bridgehead atoms. The lowest BCUT2D eigenvalue weighted by Crippen LogP contribution is -2.40. The fourth-order valence-corrected chi connectivity index (χ4v) is 5.51. The van der Waals surface area contributed by atoms with Gasteiger partial charge in [0.05, 0.1) is 42.5 Å². The van der Waals surface area contributed by atoms with Gasteiger partial charge in [-0.3, -0.25) is 9.10 Å². The maximum absolute atomic E-state index is 12.8. The molecule has 0 aliphatic carbocycles. The minimum absolute atomic E-state index is 0.0310. The van der Waals surface area contributed by atoms with Gasteiger partial charge in [0.2, 0.25) is 26.0 Å². The van der Waals surface area contributed by atoms with Crippen LogP contribution in [0.2, 0.25) is 0 Å². The molecule has 0 atom stereocenters. The Morgan fingerprint density at radius 1 is 1.06 bits per heavy atom. The normalized spacial score (nSPS) is 14.9. The highest BCUT2D eigenvalue weighted by Gasteiger charge is 2.27. The number of carbonyl (C=O) groups excluding carboxylic acids is 1. The Kier molecular flexibility index (Phi) is 7.70. The molecule has 0 spiro atoms. The topological polar surface area (TPSA) is 137 Å². The summed E-state index contributed by atoms with van der Waals surface area (Å²) in [6.45, 7) is 0.632. The van der Waals surface area contributed by atoms with E-state index in [-0.39, 0.29) is 30.1 Å². The van der Waals surface area contributed by atoms with Crippen molar-refractivity contribution < 1.29 is 26.4 Å². The van der Waals surface area contributed by atoms with Gasteiger partial charge in [0, 0.05) is 18.8 Å². The summed E-state index contributed by atoms with van der Waals surface area (Å²) in [5.74, 6) is -0.571. The third kappa shape index (κ3) is 6.29. The molecule has 1 N–H and O–H groups in total. The molecule has 10 nitrogen and oxygen atoms in total. The molecule has 12 heteroatoms. The van der Waals surface area contributed by atoms with Crippen molar-refractivity contribution in [3.05, 3.63) is 54.1 Å². The first-order chi connectivity index (χ1) is 15.6. The monoisotopic (exact) mass is 492 g/mol. The van der Waals surface area contributed by atoms with Crippen molar-refractivity contribution in [2.24, 2.45) is 0 Å². The van der Waals surface area contributed by atoms with E-state index < -0.39 is 32.5 Å². The number of sulfonamides is 2. The molecule has 176 valence electrons. The second kappa shape index (κ2) is 10.3. The zero-order valence-corrected chi connectivity index (χ0v) is 19.6. The highest BCUT2D eigenvalue weighted by Crippen LogP contribution is 2.23. The van der Waals surface area contributed by atoms with Crippen molar-refractivity contribution in [1.29, 1.82) is 5.26 Å². The van der Waals surface area contributed by atoms with Crippen molar-refractivity contribution in [2.75, 3.05) is 48.7 Å². The number of nitriles is 1. The fraction of sp³-hybridized carbons (Fsp3) is 0.333. The van der Waals surface area contributed by atoms with E-state index in [2.05, 4.69) is 5.32 Å². The Morgan fingerprint density at radius 3 is 2.21 bits per heavy atom. The fourth-order valence-electron chi connectivity index (χ4n) is 3.25. The maximum Gasteiger partial charge on any atom is 0.245 e. The Bertz CT molecular complexity index is 1230. The first-order valence-electron chi connectivity index (χ1n) is 10.0. The van der Waals surface area contributed by atoms with Crippen molar-refractivity contribution in [3.63, 3.8) is 0 Å². The molecule has 0 saturated carbocycles. The number of rotatable bonds is 8. The van der Waals surface area contributed by atoms with E-state index in [1.54, 1.807) is 24.3 Å². The molecule has 3 rings (SSSR count). The smallest absolute Gasteiger partial charge is 0.245 e. The Hall–Kier alpha value is -2.98. The van der Waals surface area contributed by atoms with E-state index in [1.165, 1.54) is 28.6 Å². The number of hydrogen-bond acceptors (Lipinski definition) is 7. The number of ether oxygens (including phenoxy) is 1. The summed E-state index contributed by atoms with van der Waals surface area (Å²) in [6.07, 6.45) is 1.21. The van der Waals surface area contributed by atoms with E-state index in [0.29, 0.717) is 18.9 Å². The van der Waals surface area contributed by atoms with Crippen LogP contribution in [0, 0.1) is 11.3 Å². The third-order valence-corrected chi connectivity index (χ3v) is 7.99. The Morgan fingerprint density at radius 2 is 1.67 bits per heavy atom. The van der Waals surface area contributed by atoms with Gasteiger partial charge in [-0.05, 0) is 42.0 Å². The van der Waals surface area contributed by atoms with E-state index in [9.17, 15) is 21.6 Å². The van der Waals surface area contributed by atoms with Gasteiger partial charge < -0.3 is 10.1 Å². The number of nitrogens with zero attached hydrogens (tertiary/aromatic N) is 3. The molecule has 1 amide bonds. The Balaban J connectivity index is 1.75. The van der Waals surface area contributed by atoms with Crippen LogP contribution < -0.4 is 9.62 Å². The highest BCUT2D eigenvalue weighted by molar-refractivity contribution is 7.92. The molecule has 33 heavy (non-hydrogen) atoms. The third-order valence-electron chi connectivity index (χ3n) is 4.94. The van der Waals surface area contributed by atoms with Gasteiger partial charge >= 0.3 is 0 Å². The molecule has 0 aromatic heterocycles. The molecule has 2 aromatic rings. The first kappa shape index (κ1) is 24.7. The largest absolute Gasteiger partial charge is 0.379 e. The number of benzene rings is 2. The average molecular weight is 493 g/mol. The lowest BCUT2D eigenvalue weighted by Gasteiger charge is -2.26. The number of nitrogens with one attached hydrogen (secondary N) is 1. The quantitative estimate of drug-likeness (QED) is 0.584. The van der Waals surface area contributed by atoms with E-state index in [4.69, 9.17) is 10.00 Å². The standard InChI is InChI=1S/C21H24N4O6S2/c1-32(27,28)25(16-21(26)23-18-4-2-17(3-5-18)10-11-22)19-6-8-20(9-7-19)33(29,30)24-12-14-31-15-13-24/h2-9H,10,12-16H2,1H3,(H,23,26). The summed E-state index contributed by atoms with van der Waals surface area (Å²) >= 11 is 0. The number of anilines is 2. The average Bonchev–Trinajstić information content (AvgIpc) is 2.79. The minimum Gasteiger partial charge on any atom is -0.379 e. The number of hydrogen-bond donors (Lipinski definition) is 1. The lowest BCUT2D eigenvalue weighted by molar-refractivity contribution is -0.114. The summed E-state index contributed by atoms with van der Waals surface area (Å²) in [5.41, 5.74) is 1.42. The first-order valence-corrected chi connectivity index (χ1v) is 13.3. The Labute approximate surface area is 193 Å². The maximum atomic E-state index is 12.8. The van der Waals surface area contributed by atoms with E-state index >= 15 is 0 Å². The number of carbonyl (C=O) groups is 1. The van der Waals surface area contributed by atoms with Crippen LogP contribution in [-0.4, -0.2) is 66.2 Å². The van der Waals surface area contributed by atoms with Crippen molar-refractivity contribution in [2.45, 2.75) is 11.3 Å². The summed E-state index contributed by atoms with van der Waals surface area (Å²) in [5, 5.41) is 11.3. The molecule has 1 heterocycles. The summed E-state index contributed by atoms with van der Waals surface area (Å²) in [7, 11) is -7.55. The molecule has 1 saturated heterocycles. The molecule has 0 unspecified atom stereocenters. The number of amides is 1. The van der Waals surface area contributed by atoms with Crippen molar-refractivity contribution in [3.8, 4) is 6.07 Å². The summed E-state index contributed by atoms with van der Waals surface area (Å²) < 4.78 is 57.6. The van der Waals surface area contributed by atoms with Crippen molar-refractivity contribution >= 4 is 37.3 Å². The summed E-state index contributed by atoms with van der Waals surface area (Å²) in [4.78, 5) is 12.5. The second-order valence-electron chi connectivity index (χ2n) is 7.36. The van der Waals surface area contributed by atoms with Crippen LogP contribution >= 0.6 is 0 Å². The molecule has 1 fully saturated rings. The van der Waals surface area contributed by atoms with Crippen LogP contribution in [0.5, 0.6) is 0 Å². The highest BCUT2D eigenvalue weighted by atomic mass is 32.2. The number of morpholine rings is 1. The predicted octanol–water partition coefficient (Wildman–Crippen LogP) is 1.18. The van der Waals surface area contributed by atoms with E-state index in [0.717, 1.165) is 16.1 Å². The van der Waals surface area contributed by atoms with Gasteiger partial charge in [0.15, 0.2) is 0 Å².